The van der Waals surface area contributed by atoms with Crippen molar-refractivity contribution in [3.05, 3.63) is 24.2 Å². The van der Waals surface area contributed by atoms with Gasteiger partial charge in [0.1, 0.15) is 11.4 Å². The zero-order valence-electron chi connectivity index (χ0n) is 17.5. The molecule has 1 atom stereocenters. The second-order valence-corrected chi connectivity index (χ2v) is 7.06. The number of carbonyl (C=O) groups is 1. The molecule has 0 radical (unpaired) electrons. The summed E-state index contributed by atoms with van der Waals surface area (Å²) in [7, 11) is 1.72. The Bertz CT molecular complexity index is 562. The van der Waals surface area contributed by atoms with Crippen molar-refractivity contribution in [1.82, 2.24) is 20.9 Å². The number of aliphatic imine (C=N–C) groups is 1. The van der Waals surface area contributed by atoms with E-state index >= 15 is 0 Å². The lowest BCUT2D eigenvalue weighted by molar-refractivity contribution is 0.0529. The minimum atomic E-state index is -0.500. The predicted octanol–water partition coefficient (Wildman–Crippen LogP) is 2.35. The molecule has 0 aliphatic carbocycles. The highest BCUT2D eigenvalue weighted by molar-refractivity contribution is 5.79. The monoisotopic (exact) mass is 381 g/mol. The van der Waals surface area contributed by atoms with Gasteiger partial charge in [0.05, 0.1) is 12.3 Å². The number of carbonyl (C=O) groups excluding carboxylic acids is 1. The zero-order chi connectivity index (χ0) is 20.3. The van der Waals surface area contributed by atoms with Crippen LogP contribution < -0.4 is 16.0 Å². The highest BCUT2D eigenvalue weighted by Gasteiger charge is 2.21. The first-order chi connectivity index (χ1) is 12.8. The Kier molecular flexibility index (Phi) is 9.71. The SMILES string of the molecule is CCN(CC)C(CNC(=NC)NCCNC(=O)OC(C)(C)C)c1ccco1. The number of guanidine groups is 1. The van der Waals surface area contributed by atoms with Gasteiger partial charge in [-0.1, -0.05) is 13.8 Å². The number of nitrogens with zero attached hydrogens (tertiary/aromatic N) is 2. The third-order valence-electron chi connectivity index (χ3n) is 3.90. The Hall–Kier alpha value is -2.22. The maximum Gasteiger partial charge on any atom is 0.407 e. The van der Waals surface area contributed by atoms with Crippen LogP contribution in [0.1, 0.15) is 46.4 Å². The number of hydrogen-bond acceptors (Lipinski definition) is 5. The zero-order valence-corrected chi connectivity index (χ0v) is 17.5. The highest BCUT2D eigenvalue weighted by Crippen LogP contribution is 2.20. The van der Waals surface area contributed by atoms with Crippen molar-refractivity contribution < 1.29 is 13.9 Å². The van der Waals surface area contributed by atoms with E-state index in [9.17, 15) is 4.79 Å². The average Bonchev–Trinajstić information content (AvgIpc) is 3.12. The molecule has 0 aliphatic heterocycles. The van der Waals surface area contributed by atoms with Crippen molar-refractivity contribution in [2.24, 2.45) is 4.99 Å². The summed E-state index contributed by atoms with van der Waals surface area (Å²) in [4.78, 5) is 18.2. The molecule has 1 aromatic heterocycles. The molecule has 1 rings (SSSR count). The molecule has 27 heavy (non-hydrogen) atoms. The van der Waals surface area contributed by atoms with Gasteiger partial charge in [0.25, 0.3) is 0 Å². The molecule has 1 unspecified atom stereocenters. The largest absolute Gasteiger partial charge is 0.468 e. The van der Waals surface area contributed by atoms with Gasteiger partial charge < -0.3 is 25.1 Å². The molecular weight excluding hydrogens is 346 g/mol. The van der Waals surface area contributed by atoms with E-state index in [1.807, 2.05) is 32.9 Å². The first-order valence-electron chi connectivity index (χ1n) is 9.49. The molecule has 1 amide bonds. The van der Waals surface area contributed by atoms with E-state index in [-0.39, 0.29) is 6.04 Å². The van der Waals surface area contributed by atoms with Crippen LogP contribution in [0.15, 0.2) is 27.8 Å². The van der Waals surface area contributed by atoms with Gasteiger partial charge in [-0.2, -0.15) is 0 Å². The Morgan fingerprint density at radius 3 is 2.41 bits per heavy atom. The minimum absolute atomic E-state index is 0.119. The number of likely N-dealkylation sites (N-methyl/N-ethyl adjacent to an activating group) is 1. The number of ether oxygens (including phenoxy) is 1. The van der Waals surface area contributed by atoms with Crippen molar-refractivity contribution in [2.45, 2.75) is 46.3 Å². The quantitative estimate of drug-likeness (QED) is 0.346. The maximum atomic E-state index is 11.6. The van der Waals surface area contributed by atoms with Crippen LogP contribution in [0.5, 0.6) is 0 Å². The van der Waals surface area contributed by atoms with Gasteiger partial charge in [0, 0.05) is 26.7 Å². The Labute approximate surface area is 162 Å². The smallest absolute Gasteiger partial charge is 0.407 e. The minimum Gasteiger partial charge on any atom is -0.468 e. The second-order valence-electron chi connectivity index (χ2n) is 7.06. The lowest BCUT2D eigenvalue weighted by atomic mass is 10.2. The molecule has 1 aromatic rings. The first-order valence-corrected chi connectivity index (χ1v) is 9.49. The number of alkyl carbamates (subject to hydrolysis) is 1. The molecule has 0 saturated carbocycles. The Morgan fingerprint density at radius 1 is 1.22 bits per heavy atom. The van der Waals surface area contributed by atoms with Gasteiger partial charge in [0.2, 0.25) is 0 Å². The van der Waals surface area contributed by atoms with Gasteiger partial charge >= 0.3 is 6.09 Å². The van der Waals surface area contributed by atoms with Crippen molar-refractivity contribution >= 4 is 12.1 Å². The van der Waals surface area contributed by atoms with Crippen molar-refractivity contribution in [2.75, 3.05) is 39.8 Å². The molecule has 0 aliphatic rings. The molecule has 0 fully saturated rings. The topological polar surface area (TPSA) is 91.1 Å². The van der Waals surface area contributed by atoms with E-state index in [1.54, 1.807) is 13.3 Å². The summed E-state index contributed by atoms with van der Waals surface area (Å²) in [5.74, 6) is 1.60. The van der Waals surface area contributed by atoms with Crippen LogP contribution in [0, 0.1) is 0 Å². The fourth-order valence-electron chi connectivity index (χ4n) is 2.63. The number of rotatable bonds is 9. The summed E-state index contributed by atoms with van der Waals surface area (Å²) < 4.78 is 10.8. The lowest BCUT2D eigenvalue weighted by Crippen LogP contribution is -2.45. The number of hydrogen-bond donors (Lipinski definition) is 3. The molecule has 0 bridgehead atoms. The van der Waals surface area contributed by atoms with Crippen molar-refractivity contribution in [3.63, 3.8) is 0 Å². The van der Waals surface area contributed by atoms with E-state index in [0.717, 1.165) is 18.8 Å². The number of nitrogens with one attached hydrogen (secondary N) is 3. The van der Waals surface area contributed by atoms with Crippen molar-refractivity contribution in [3.8, 4) is 0 Å². The highest BCUT2D eigenvalue weighted by atomic mass is 16.6. The standard InChI is InChI=1S/C19H35N5O3/c1-7-24(8-2)15(16-10-9-13-26-16)14-23-17(20-6)21-11-12-22-18(25)27-19(3,4)5/h9-10,13,15H,7-8,11-12,14H2,1-6H3,(H,22,25)(H2,20,21,23). The molecule has 0 aromatic carbocycles. The summed E-state index contributed by atoms with van der Waals surface area (Å²) in [5, 5.41) is 9.22. The third kappa shape index (κ3) is 8.81. The predicted molar refractivity (Wildman–Crippen MR) is 108 cm³/mol. The normalized spacial score (nSPS) is 13.4. The van der Waals surface area contributed by atoms with Crippen LogP contribution in [0.25, 0.3) is 0 Å². The van der Waals surface area contributed by atoms with E-state index in [2.05, 4.69) is 39.7 Å². The molecule has 0 saturated heterocycles. The van der Waals surface area contributed by atoms with Crippen LogP contribution in [0.2, 0.25) is 0 Å². The third-order valence-corrected chi connectivity index (χ3v) is 3.90. The van der Waals surface area contributed by atoms with Gasteiger partial charge in [-0.25, -0.2) is 4.79 Å². The van der Waals surface area contributed by atoms with Gasteiger partial charge in [-0.15, -0.1) is 0 Å². The van der Waals surface area contributed by atoms with Crippen LogP contribution in [0.4, 0.5) is 4.79 Å². The average molecular weight is 382 g/mol. The second kappa shape index (κ2) is 11.5. The van der Waals surface area contributed by atoms with Crippen LogP contribution in [-0.2, 0) is 4.74 Å². The molecule has 8 heteroatoms. The fraction of sp³-hybridized carbons (Fsp3) is 0.684. The molecule has 1 heterocycles. The van der Waals surface area contributed by atoms with Crippen LogP contribution in [-0.4, -0.2) is 62.3 Å². The molecule has 8 nitrogen and oxygen atoms in total. The van der Waals surface area contributed by atoms with E-state index < -0.39 is 11.7 Å². The summed E-state index contributed by atoms with van der Waals surface area (Å²) in [6.45, 7) is 13.3. The van der Waals surface area contributed by atoms with E-state index in [4.69, 9.17) is 9.15 Å². The fourth-order valence-corrected chi connectivity index (χ4v) is 2.63. The number of amides is 1. The van der Waals surface area contributed by atoms with E-state index in [1.165, 1.54) is 0 Å². The Morgan fingerprint density at radius 2 is 1.89 bits per heavy atom. The summed E-state index contributed by atoms with van der Waals surface area (Å²) in [6, 6.07) is 4.01. The number of furan rings is 1. The first kappa shape index (κ1) is 22.8. The molecular formula is C19H35N5O3. The molecule has 3 N–H and O–H groups in total. The molecule has 154 valence electrons. The van der Waals surface area contributed by atoms with Crippen LogP contribution in [0.3, 0.4) is 0 Å². The maximum absolute atomic E-state index is 11.6. The van der Waals surface area contributed by atoms with Gasteiger partial charge in [-0.3, -0.25) is 9.89 Å². The van der Waals surface area contributed by atoms with Crippen LogP contribution >= 0.6 is 0 Å². The van der Waals surface area contributed by atoms with E-state index in [0.29, 0.717) is 25.6 Å². The van der Waals surface area contributed by atoms with Crippen molar-refractivity contribution in [1.29, 1.82) is 0 Å². The van der Waals surface area contributed by atoms with Gasteiger partial charge in [-0.05, 0) is 46.0 Å². The Balaban J connectivity index is 2.45. The summed E-state index contributed by atoms with van der Waals surface area (Å²) in [6.07, 6.45) is 1.27. The van der Waals surface area contributed by atoms with Gasteiger partial charge in [0.15, 0.2) is 5.96 Å². The lowest BCUT2D eigenvalue weighted by Gasteiger charge is -2.28. The summed E-state index contributed by atoms with van der Waals surface area (Å²) >= 11 is 0. The molecule has 0 spiro atoms. The summed E-state index contributed by atoms with van der Waals surface area (Å²) in [5.41, 5.74) is -0.500.